The zero-order valence-corrected chi connectivity index (χ0v) is 16.8. The van der Waals surface area contributed by atoms with Crippen molar-refractivity contribution in [2.45, 2.75) is 17.6 Å². The second-order valence-corrected chi connectivity index (χ2v) is 7.64. The van der Waals surface area contributed by atoms with Crippen molar-refractivity contribution in [3.63, 3.8) is 0 Å². The van der Waals surface area contributed by atoms with E-state index in [1.807, 2.05) is 48.5 Å². The minimum atomic E-state index is -0.197. The molecule has 0 aliphatic rings. The number of amides is 2. The van der Waals surface area contributed by atoms with Crippen LogP contribution in [-0.4, -0.2) is 11.8 Å². The Bertz CT molecular complexity index is 973. The summed E-state index contributed by atoms with van der Waals surface area (Å²) >= 11 is 7.61. The zero-order chi connectivity index (χ0) is 19.9. The maximum Gasteiger partial charge on any atom is 0.255 e. The highest BCUT2D eigenvalue weighted by Crippen LogP contribution is 2.24. The average molecular weight is 411 g/mol. The first-order valence-corrected chi connectivity index (χ1v) is 10.0. The highest BCUT2D eigenvalue weighted by molar-refractivity contribution is 7.98. The fourth-order valence-electron chi connectivity index (χ4n) is 2.53. The average Bonchev–Trinajstić information content (AvgIpc) is 2.68. The summed E-state index contributed by atoms with van der Waals surface area (Å²) in [6.07, 6.45) is 0. The largest absolute Gasteiger partial charge is 0.326 e. The molecule has 3 aromatic rings. The molecule has 0 saturated carbocycles. The third-order valence-electron chi connectivity index (χ3n) is 3.88. The van der Waals surface area contributed by atoms with Gasteiger partial charge in [-0.15, -0.1) is 11.8 Å². The molecule has 0 radical (unpaired) electrons. The normalized spacial score (nSPS) is 10.4. The van der Waals surface area contributed by atoms with Crippen LogP contribution in [0.5, 0.6) is 0 Å². The molecule has 0 aromatic heterocycles. The summed E-state index contributed by atoms with van der Waals surface area (Å²) in [6.45, 7) is 1.44. The summed E-state index contributed by atoms with van der Waals surface area (Å²) < 4.78 is 0. The molecule has 0 saturated heterocycles. The van der Waals surface area contributed by atoms with Gasteiger partial charge in [-0.05, 0) is 60.2 Å². The predicted octanol–water partition coefficient (Wildman–Crippen LogP) is 5.84. The van der Waals surface area contributed by atoms with Crippen molar-refractivity contribution in [2.24, 2.45) is 0 Å². The molecule has 0 atom stereocenters. The number of carbonyl (C=O) groups excluding carboxylic acids is 2. The van der Waals surface area contributed by atoms with E-state index in [9.17, 15) is 9.59 Å². The van der Waals surface area contributed by atoms with Crippen LogP contribution >= 0.6 is 23.4 Å². The highest BCUT2D eigenvalue weighted by Gasteiger charge is 2.07. The Kier molecular flexibility index (Phi) is 6.74. The number of halogens is 1. The van der Waals surface area contributed by atoms with Crippen LogP contribution in [0.1, 0.15) is 22.8 Å². The Morgan fingerprint density at radius 2 is 1.54 bits per heavy atom. The number of rotatable bonds is 6. The van der Waals surface area contributed by atoms with Gasteiger partial charge in [-0.2, -0.15) is 0 Å². The van der Waals surface area contributed by atoms with Crippen molar-refractivity contribution in [3.8, 4) is 0 Å². The molecule has 0 aliphatic heterocycles. The minimum Gasteiger partial charge on any atom is -0.326 e. The second-order valence-electron chi connectivity index (χ2n) is 6.16. The first kappa shape index (κ1) is 20.0. The fraction of sp³-hybridized carbons (Fsp3) is 0.0909. The number of thioether (sulfide) groups is 1. The lowest BCUT2D eigenvalue weighted by atomic mass is 10.1. The van der Waals surface area contributed by atoms with Crippen molar-refractivity contribution in [1.29, 1.82) is 0 Å². The third-order valence-corrected chi connectivity index (χ3v) is 5.21. The number of hydrogen-bond acceptors (Lipinski definition) is 3. The SMILES string of the molecule is CC(=O)Nc1cccc(NC(=O)c2ccc(CSc3ccc(Cl)cc3)cc2)c1. The van der Waals surface area contributed by atoms with Gasteiger partial charge in [0.15, 0.2) is 0 Å². The number of anilines is 2. The van der Waals surface area contributed by atoms with Gasteiger partial charge >= 0.3 is 0 Å². The lowest BCUT2D eigenvalue weighted by Crippen LogP contribution is -2.12. The Labute approximate surface area is 173 Å². The maximum absolute atomic E-state index is 12.5. The summed E-state index contributed by atoms with van der Waals surface area (Å²) in [5.74, 6) is 0.454. The highest BCUT2D eigenvalue weighted by atomic mass is 35.5. The summed E-state index contributed by atoms with van der Waals surface area (Å²) in [7, 11) is 0. The number of hydrogen-bond donors (Lipinski definition) is 2. The quantitative estimate of drug-likeness (QED) is 0.501. The van der Waals surface area contributed by atoms with E-state index < -0.39 is 0 Å². The summed E-state index contributed by atoms with van der Waals surface area (Å²) in [5, 5.41) is 6.27. The molecule has 0 aliphatic carbocycles. The molecule has 2 amide bonds. The Balaban J connectivity index is 1.59. The molecule has 28 heavy (non-hydrogen) atoms. The van der Waals surface area contributed by atoms with Crippen LogP contribution in [0.15, 0.2) is 77.7 Å². The van der Waals surface area contributed by atoms with Gasteiger partial charge in [0.2, 0.25) is 5.91 Å². The van der Waals surface area contributed by atoms with Crippen LogP contribution in [0, 0.1) is 0 Å². The Morgan fingerprint density at radius 3 is 2.18 bits per heavy atom. The molecule has 3 rings (SSSR count). The van der Waals surface area contributed by atoms with Gasteiger partial charge in [0.1, 0.15) is 0 Å². The number of benzene rings is 3. The molecule has 6 heteroatoms. The molecule has 4 nitrogen and oxygen atoms in total. The van der Waals surface area contributed by atoms with Gasteiger partial charge in [-0.3, -0.25) is 9.59 Å². The van der Waals surface area contributed by atoms with Crippen LogP contribution in [0.3, 0.4) is 0 Å². The third kappa shape index (κ3) is 5.87. The van der Waals surface area contributed by atoms with E-state index in [2.05, 4.69) is 10.6 Å². The maximum atomic E-state index is 12.5. The van der Waals surface area contributed by atoms with E-state index in [0.717, 1.165) is 21.2 Å². The van der Waals surface area contributed by atoms with Gasteiger partial charge in [0.25, 0.3) is 5.91 Å². The van der Waals surface area contributed by atoms with E-state index in [-0.39, 0.29) is 11.8 Å². The minimum absolute atomic E-state index is 0.157. The van der Waals surface area contributed by atoms with Gasteiger partial charge in [0.05, 0.1) is 0 Å². The molecular formula is C22H19ClN2O2S. The van der Waals surface area contributed by atoms with Crippen molar-refractivity contribution in [2.75, 3.05) is 10.6 Å². The van der Waals surface area contributed by atoms with Crippen LogP contribution in [0.4, 0.5) is 11.4 Å². The van der Waals surface area contributed by atoms with Crippen molar-refractivity contribution in [1.82, 2.24) is 0 Å². The van der Waals surface area contributed by atoms with Crippen molar-refractivity contribution < 1.29 is 9.59 Å². The molecule has 3 aromatic carbocycles. The number of nitrogens with one attached hydrogen (secondary N) is 2. The lowest BCUT2D eigenvalue weighted by Gasteiger charge is -2.08. The molecule has 0 bridgehead atoms. The smallest absolute Gasteiger partial charge is 0.255 e. The van der Waals surface area contributed by atoms with E-state index in [1.165, 1.54) is 6.92 Å². The van der Waals surface area contributed by atoms with E-state index in [0.29, 0.717) is 16.9 Å². The van der Waals surface area contributed by atoms with Crippen LogP contribution in [0.2, 0.25) is 5.02 Å². The topological polar surface area (TPSA) is 58.2 Å². The molecule has 0 fully saturated rings. The lowest BCUT2D eigenvalue weighted by molar-refractivity contribution is -0.114. The molecule has 0 unspecified atom stereocenters. The Morgan fingerprint density at radius 1 is 0.893 bits per heavy atom. The molecule has 142 valence electrons. The molecule has 0 spiro atoms. The standard InChI is InChI=1S/C22H19ClN2O2S/c1-15(26)24-19-3-2-4-20(13-19)25-22(27)17-7-5-16(6-8-17)14-28-21-11-9-18(23)10-12-21/h2-13H,14H2,1H3,(H,24,26)(H,25,27). The molecule has 2 N–H and O–H groups in total. The zero-order valence-electron chi connectivity index (χ0n) is 15.2. The van der Waals surface area contributed by atoms with Gasteiger partial charge < -0.3 is 10.6 Å². The predicted molar refractivity (Wildman–Crippen MR) is 116 cm³/mol. The molecule has 0 heterocycles. The van der Waals surface area contributed by atoms with E-state index in [1.54, 1.807) is 36.0 Å². The first-order chi connectivity index (χ1) is 13.5. The monoisotopic (exact) mass is 410 g/mol. The Hall–Kier alpha value is -2.76. The van der Waals surface area contributed by atoms with Gasteiger partial charge in [-0.1, -0.05) is 29.8 Å². The summed E-state index contributed by atoms with van der Waals surface area (Å²) in [6, 6.07) is 22.3. The van der Waals surface area contributed by atoms with E-state index >= 15 is 0 Å². The van der Waals surface area contributed by atoms with Crippen LogP contribution < -0.4 is 10.6 Å². The fourth-order valence-corrected chi connectivity index (χ4v) is 3.51. The molecular weight excluding hydrogens is 392 g/mol. The van der Waals surface area contributed by atoms with Crippen molar-refractivity contribution >= 4 is 46.6 Å². The summed E-state index contributed by atoms with van der Waals surface area (Å²) in [4.78, 5) is 24.8. The van der Waals surface area contributed by atoms with Crippen molar-refractivity contribution in [3.05, 3.63) is 88.9 Å². The first-order valence-electron chi connectivity index (χ1n) is 8.66. The van der Waals surface area contributed by atoms with Crippen LogP contribution in [-0.2, 0) is 10.5 Å². The van der Waals surface area contributed by atoms with Gasteiger partial charge in [-0.25, -0.2) is 0 Å². The van der Waals surface area contributed by atoms with Crippen LogP contribution in [0.25, 0.3) is 0 Å². The summed E-state index contributed by atoms with van der Waals surface area (Å²) in [5.41, 5.74) is 2.97. The number of carbonyl (C=O) groups is 2. The van der Waals surface area contributed by atoms with Gasteiger partial charge in [0, 0.05) is 39.5 Å². The van der Waals surface area contributed by atoms with E-state index in [4.69, 9.17) is 11.6 Å². The second kappa shape index (κ2) is 9.44.